The molecule has 16 heavy (non-hydrogen) atoms. The number of nitrogens with zero attached hydrogens (tertiary/aromatic N) is 1. The predicted molar refractivity (Wildman–Crippen MR) is 68.2 cm³/mol. The summed E-state index contributed by atoms with van der Waals surface area (Å²) in [6.45, 7) is 8.32. The van der Waals surface area contributed by atoms with Gasteiger partial charge in [-0.15, -0.1) is 0 Å². The smallest absolute Gasteiger partial charge is 0.143 e. The van der Waals surface area contributed by atoms with Crippen LogP contribution in [0.4, 0.5) is 5.69 Å². The molecule has 0 radical (unpaired) electrons. The maximum Gasteiger partial charge on any atom is 0.143 e. The molecular weight excluding hydrogens is 198 g/mol. The minimum Gasteiger partial charge on any atom is -0.487 e. The van der Waals surface area contributed by atoms with Gasteiger partial charge in [0.05, 0.1) is 12.2 Å². The first kappa shape index (κ1) is 11.1. The van der Waals surface area contributed by atoms with E-state index >= 15 is 0 Å². The van der Waals surface area contributed by atoms with Gasteiger partial charge in [-0.25, -0.2) is 0 Å². The van der Waals surface area contributed by atoms with Crippen LogP contribution in [0.3, 0.4) is 0 Å². The quantitative estimate of drug-likeness (QED) is 0.705. The summed E-state index contributed by atoms with van der Waals surface area (Å²) in [7, 11) is 0. The Kier molecular flexibility index (Phi) is 3.18. The summed E-state index contributed by atoms with van der Waals surface area (Å²) in [5, 5.41) is 0. The Hall–Kier alpha value is -1.44. The molecule has 0 saturated carbocycles. The molecule has 0 amide bonds. The molecule has 1 aliphatic heterocycles. The third-order valence-electron chi connectivity index (χ3n) is 2.94. The van der Waals surface area contributed by atoms with Crippen molar-refractivity contribution in [2.24, 2.45) is 0 Å². The molecule has 0 N–H and O–H groups in total. The maximum absolute atomic E-state index is 5.82. The molecule has 0 spiro atoms. The fraction of sp³-hybridized carbons (Fsp3) is 0.429. The molecule has 2 heteroatoms. The predicted octanol–water partition coefficient (Wildman–Crippen LogP) is 3.24. The lowest BCUT2D eigenvalue weighted by molar-refractivity contribution is 0.213. The number of para-hydroxylation sites is 2. The second kappa shape index (κ2) is 4.60. The SMILES string of the molecule is CC=C(C)CN1CC(C)Oc2ccccc21. The highest BCUT2D eigenvalue weighted by Crippen LogP contribution is 2.33. The summed E-state index contributed by atoms with van der Waals surface area (Å²) in [6, 6.07) is 8.26. The van der Waals surface area contributed by atoms with Crippen molar-refractivity contribution in [2.45, 2.75) is 26.9 Å². The normalized spacial score (nSPS) is 20.3. The van der Waals surface area contributed by atoms with Crippen LogP contribution >= 0.6 is 0 Å². The molecule has 0 bridgehead atoms. The molecule has 1 aliphatic rings. The molecule has 86 valence electrons. The van der Waals surface area contributed by atoms with E-state index in [0.717, 1.165) is 18.8 Å². The van der Waals surface area contributed by atoms with Crippen molar-refractivity contribution in [1.29, 1.82) is 0 Å². The van der Waals surface area contributed by atoms with Crippen molar-refractivity contribution in [3.05, 3.63) is 35.9 Å². The van der Waals surface area contributed by atoms with Gasteiger partial charge in [0.15, 0.2) is 0 Å². The minimum atomic E-state index is 0.263. The zero-order valence-corrected chi connectivity index (χ0v) is 10.2. The third-order valence-corrected chi connectivity index (χ3v) is 2.94. The first-order valence-corrected chi connectivity index (χ1v) is 5.83. The molecule has 0 aliphatic carbocycles. The van der Waals surface area contributed by atoms with Gasteiger partial charge in [-0.2, -0.15) is 0 Å². The summed E-state index contributed by atoms with van der Waals surface area (Å²) in [5.41, 5.74) is 2.60. The molecule has 1 aromatic carbocycles. The average Bonchev–Trinajstić information content (AvgIpc) is 2.28. The fourth-order valence-electron chi connectivity index (χ4n) is 2.02. The molecule has 1 atom stereocenters. The minimum absolute atomic E-state index is 0.263. The Morgan fingerprint density at radius 2 is 2.25 bits per heavy atom. The average molecular weight is 217 g/mol. The van der Waals surface area contributed by atoms with Crippen LogP contribution in [0.25, 0.3) is 0 Å². The van der Waals surface area contributed by atoms with E-state index in [1.165, 1.54) is 11.3 Å². The summed E-state index contributed by atoms with van der Waals surface area (Å²) in [5.74, 6) is 1.00. The summed E-state index contributed by atoms with van der Waals surface area (Å²) in [4.78, 5) is 2.39. The molecule has 2 nitrogen and oxygen atoms in total. The van der Waals surface area contributed by atoms with Crippen LogP contribution in [0.5, 0.6) is 5.75 Å². The van der Waals surface area contributed by atoms with Crippen molar-refractivity contribution in [2.75, 3.05) is 18.0 Å². The van der Waals surface area contributed by atoms with Crippen LogP contribution in [0.1, 0.15) is 20.8 Å². The zero-order chi connectivity index (χ0) is 11.5. The van der Waals surface area contributed by atoms with Gasteiger partial charge >= 0.3 is 0 Å². The Balaban J connectivity index is 2.26. The standard InChI is InChI=1S/C14H19NO/c1-4-11(2)9-15-10-12(3)16-14-8-6-5-7-13(14)15/h4-8,12H,9-10H2,1-3H3. The second-order valence-corrected chi connectivity index (χ2v) is 4.41. The molecular formula is C14H19NO. The van der Waals surface area contributed by atoms with Crippen molar-refractivity contribution in [3.8, 4) is 5.75 Å². The number of ether oxygens (including phenoxy) is 1. The van der Waals surface area contributed by atoms with Gasteiger partial charge in [0.1, 0.15) is 11.9 Å². The summed E-state index contributed by atoms with van der Waals surface area (Å²) >= 11 is 0. The van der Waals surface area contributed by atoms with E-state index in [0.29, 0.717) is 0 Å². The van der Waals surface area contributed by atoms with Crippen LogP contribution in [0.15, 0.2) is 35.9 Å². The highest BCUT2D eigenvalue weighted by atomic mass is 16.5. The van der Waals surface area contributed by atoms with E-state index in [1.54, 1.807) is 0 Å². The van der Waals surface area contributed by atoms with Gasteiger partial charge in [-0.1, -0.05) is 23.8 Å². The fourth-order valence-corrected chi connectivity index (χ4v) is 2.02. The van der Waals surface area contributed by atoms with Crippen molar-refractivity contribution < 1.29 is 4.74 Å². The van der Waals surface area contributed by atoms with Crippen molar-refractivity contribution in [3.63, 3.8) is 0 Å². The number of rotatable bonds is 2. The van der Waals surface area contributed by atoms with Gasteiger partial charge in [0.25, 0.3) is 0 Å². The maximum atomic E-state index is 5.82. The molecule has 0 aromatic heterocycles. The largest absolute Gasteiger partial charge is 0.487 e. The van der Waals surface area contributed by atoms with Crippen molar-refractivity contribution >= 4 is 5.69 Å². The van der Waals surface area contributed by atoms with E-state index < -0.39 is 0 Å². The van der Waals surface area contributed by atoms with Crippen LogP contribution in [-0.2, 0) is 0 Å². The number of anilines is 1. The number of fused-ring (bicyclic) bond motifs is 1. The zero-order valence-electron chi connectivity index (χ0n) is 10.2. The van der Waals surface area contributed by atoms with Crippen LogP contribution < -0.4 is 9.64 Å². The molecule has 1 heterocycles. The lowest BCUT2D eigenvalue weighted by Crippen LogP contribution is -2.39. The highest BCUT2D eigenvalue weighted by molar-refractivity contribution is 5.60. The van der Waals surface area contributed by atoms with Gasteiger partial charge in [-0.3, -0.25) is 0 Å². The first-order valence-electron chi connectivity index (χ1n) is 5.83. The molecule has 2 rings (SSSR count). The monoisotopic (exact) mass is 217 g/mol. The van der Waals surface area contributed by atoms with Gasteiger partial charge in [0, 0.05) is 6.54 Å². The van der Waals surface area contributed by atoms with E-state index in [9.17, 15) is 0 Å². The van der Waals surface area contributed by atoms with Crippen LogP contribution in [-0.4, -0.2) is 19.2 Å². The van der Waals surface area contributed by atoms with E-state index in [2.05, 4.69) is 43.9 Å². The van der Waals surface area contributed by atoms with Crippen LogP contribution in [0.2, 0.25) is 0 Å². The van der Waals surface area contributed by atoms with Crippen molar-refractivity contribution in [1.82, 2.24) is 0 Å². The number of hydrogen-bond donors (Lipinski definition) is 0. The van der Waals surface area contributed by atoms with E-state index in [-0.39, 0.29) is 6.10 Å². The van der Waals surface area contributed by atoms with Gasteiger partial charge < -0.3 is 9.64 Å². The van der Waals surface area contributed by atoms with Crippen LogP contribution in [0, 0.1) is 0 Å². The number of benzene rings is 1. The van der Waals surface area contributed by atoms with E-state index in [1.807, 2.05) is 12.1 Å². The second-order valence-electron chi connectivity index (χ2n) is 4.41. The Morgan fingerprint density at radius 1 is 1.50 bits per heavy atom. The Morgan fingerprint density at radius 3 is 3.00 bits per heavy atom. The molecule has 1 aromatic rings. The summed E-state index contributed by atoms with van der Waals surface area (Å²) < 4.78 is 5.82. The topological polar surface area (TPSA) is 12.5 Å². The third kappa shape index (κ3) is 2.21. The lowest BCUT2D eigenvalue weighted by Gasteiger charge is -2.35. The first-order chi connectivity index (χ1) is 7.70. The number of allylic oxidation sites excluding steroid dienone is 1. The highest BCUT2D eigenvalue weighted by Gasteiger charge is 2.21. The van der Waals surface area contributed by atoms with Gasteiger partial charge in [0.2, 0.25) is 0 Å². The summed E-state index contributed by atoms with van der Waals surface area (Å²) in [6.07, 6.45) is 2.43. The Bertz CT molecular complexity index is 397. The molecule has 0 fully saturated rings. The van der Waals surface area contributed by atoms with Gasteiger partial charge in [-0.05, 0) is 32.9 Å². The Labute approximate surface area is 97.5 Å². The number of hydrogen-bond acceptors (Lipinski definition) is 2. The van der Waals surface area contributed by atoms with E-state index in [4.69, 9.17) is 4.74 Å². The molecule has 1 unspecified atom stereocenters. The molecule has 0 saturated heterocycles. The lowest BCUT2D eigenvalue weighted by atomic mass is 10.1.